The van der Waals surface area contributed by atoms with Crippen molar-refractivity contribution in [2.45, 2.75) is 52.0 Å². The summed E-state index contributed by atoms with van der Waals surface area (Å²) in [4.78, 5) is 0. The van der Waals surface area contributed by atoms with E-state index in [1.54, 1.807) is 0 Å². The maximum Gasteiger partial charge on any atom is 0.00441 e. The van der Waals surface area contributed by atoms with Crippen LogP contribution in [-0.4, -0.2) is 6.04 Å². The van der Waals surface area contributed by atoms with Gasteiger partial charge in [-0.05, 0) is 31.1 Å². The lowest BCUT2D eigenvalue weighted by atomic mass is 9.77. The van der Waals surface area contributed by atoms with E-state index in [1.807, 2.05) is 0 Å². The van der Waals surface area contributed by atoms with E-state index < -0.39 is 0 Å². The van der Waals surface area contributed by atoms with E-state index >= 15 is 0 Å². The van der Waals surface area contributed by atoms with Crippen molar-refractivity contribution in [3.05, 3.63) is 0 Å². The van der Waals surface area contributed by atoms with Crippen molar-refractivity contribution in [1.82, 2.24) is 0 Å². The van der Waals surface area contributed by atoms with Crippen molar-refractivity contribution in [3.63, 3.8) is 0 Å². The highest BCUT2D eigenvalue weighted by Gasteiger charge is 2.24. The third-order valence-electron chi connectivity index (χ3n) is 3.09. The predicted octanol–water partition coefficient (Wildman–Crippen LogP) is 2.55. The Morgan fingerprint density at radius 3 is 1.82 bits per heavy atom. The molecule has 2 unspecified atom stereocenters. The highest BCUT2D eigenvalue weighted by molar-refractivity contribution is 4.79. The first-order valence-electron chi connectivity index (χ1n) is 5.01. The molecule has 0 amide bonds. The van der Waals surface area contributed by atoms with Gasteiger partial charge in [-0.2, -0.15) is 0 Å². The van der Waals surface area contributed by atoms with Crippen LogP contribution in [0.15, 0.2) is 0 Å². The lowest BCUT2D eigenvalue weighted by Crippen LogP contribution is -2.32. The molecule has 0 aromatic heterocycles. The van der Waals surface area contributed by atoms with Crippen LogP contribution in [0.3, 0.4) is 0 Å². The van der Waals surface area contributed by atoms with Gasteiger partial charge in [0.25, 0.3) is 0 Å². The molecule has 1 nitrogen and oxygen atoms in total. The van der Waals surface area contributed by atoms with Crippen LogP contribution in [0.25, 0.3) is 0 Å². The van der Waals surface area contributed by atoms with E-state index in [2.05, 4.69) is 13.8 Å². The Morgan fingerprint density at radius 1 is 1.00 bits per heavy atom. The number of hydrogen-bond donors (Lipinski definition) is 1. The van der Waals surface area contributed by atoms with Gasteiger partial charge in [-0.3, -0.25) is 0 Å². The third kappa shape index (κ3) is 2.48. The lowest BCUT2D eigenvalue weighted by molar-refractivity contribution is 0.229. The van der Waals surface area contributed by atoms with Crippen LogP contribution in [0.4, 0.5) is 0 Å². The van der Waals surface area contributed by atoms with Gasteiger partial charge in [-0.1, -0.05) is 26.7 Å². The van der Waals surface area contributed by atoms with Crippen LogP contribution in [0.2, 0.25) is 0 Å². The summed E-state index contributed by atoms with van der Waals surface area (Å²) in [6, 6.07) is 0.499. The van der Waals surface area contributed by atoms with E-state index in [-0.39, 0.29) is 0 Å². The SMILES string of the molecule is CCC1CC(N)C[C@H](CC)C1. The Kier molecular flexibility index (Phi) is 3.38. The van der Waals surface area contributed by atoms with Gasteiger partial charge in [0.2, 0.25) is 0 Å². The Balaban J connectivity index is 2.37. The Labute approximate surface area is 70.4 Å². The molecule has 1 aliphatic rings. The van der Waals surface area contributed by atoms with Crippen LogP contribution in [0.1, 0.15) is 46.0 Å². The highest BCUT2D eigenvalue weighted by atomic mass is 14.6. The van der Waals surface area contributed by atoms with Crippen molar-refractivity contribution < 1.29 is 0 Å². The minimum Gasteiger partial charge on any atom is -0.328 e. The van der Waals surface area contributed by atoms with Gasteiger partial charge in [0.05, 0.1) is 0 Å². The van der Waals surface area contributed by atoms with Gasteiger partial charge in [-0.25, -0.2) is 0 Å². The molecule has 0 aromatic carbocycles. The molecule has 1 aliphatic carbocycles. The normalized spacial score (nSPS) is 39.0. The highest BCUT2D eigenvalue weighted by Crippen LogP contribution is 2.31. The van der Waals surface area contributed by atoms with Gasteiger partial charge in [0.1, 0.15) is 0 Å². The van der Waals surface area contributed by atoms with Gasteiger partial charge in [0, 0.05) is 6.04 Å². The smallest absolute Gasteiger partial charge is 0.00441 e. The molecule has 3 atom stereocenters. The first-order valence-corrected chi connectivity index (χ1v) is 5.01. The maximum absolute atomic E-state index is 5.97. The fraction of sp³-hybridized carbons (Fsp3) is 1.00. The fourth-order valence-corrected chi connectivity index (χ4v) is 2.28. The molecule has 0 saturated heterocycles. The number of rotatable bonds is 2. The zero-order chi connectivity index (χ0) is 8.27. The fourth-order valence-electron chi connectivity index (χ4n) is 2.28. The first kappa shape index (κ1) is 9.05. The third-order valence-corrected chi connectivity index (χ3v) is 3.09. The molecule has 0 bridgehead atoms. The van der Waals surface area contributed by atoms with Crippen molar-refractivity contribution in [3.8, 4) is 0 Å². The van der Waals surface area contributed by atoms with E-state index in [0.29, 0.717) is 6.04 Å². The molecule has 1 fully saturated rings. The summed E-state index contributed by atoms with van der Waals surface area (Å²) in [5.74, 6) is 1.84. The standard InChI is InChI=1S/C10H21N/c1-3-8-5-9(4-2)7-10(11)6-8/h8-10H,3-7,11H2,1-2H3/t8-,9?,10?/m1/s1. The van der Waals surface area contributed by atoms with E-state index in [0.717, 1.165) is 11.8 Å². The molecule has 0 radical (unpaired) electrons. The summed E-state index contributed by atoms with van der Waals surface area (Å²) in [6.07, 6.45) is 6.62. The molecule has 1 rings (SSSR count). The average molecular weight is 155 g/mol. The first-order chi connectivity index (χ1) is 5.26. The summed E-state index contributed by atoms with van der Waals surface area (Å²) in [7, 11) is 0. The monoisotopic (exact) mass is 155 g/mol. The molecule has 0 spiro atoms. The van der Waals surface area contributed by atoms with Crippen molar-refractivity contribution >= 4 is 0 Å². The van der Waals surface area contributed by atoms with Crippen LogP contribution < -0.4 is 5.73 Å². The summed E-state index contributed by atoms with van der Waals surface area (Å²) in [6.45, 7) is 4.57. The number of hydrogen-bond acceptors (Lipinski definition) is 1. The molecular weight excluding hydrogens is 134 g/mol. The van der Waals surface area contributed by atoms with Gasteiger partial charge >= 0.3 is 0 Å². The maximum atomic E-state index is 5.97. The molecule has 2 N–H and O–H groups in total. The summed E-state index contributed by atoms with van der Waals surface area (Å²) in [5, 5.41) is 0. The molecule has 0 aliphatic heterocycles. The molecular formula is C10H21N. The van der Waals surface area contributed by atoms with Gasteiger partial charge in [-0.15, -0.1) is 0 Å². The molecule has 1 heteroatoms. The zero-order valence-electron chi connectivity index (χ0n) is 7.84. The van der Waals surface area contributed by atoms with Crippen LogP contribution in [-0.2, 0) is 0 Å². The molecule has 0 aromatic rings. The van der Waals surface area contributed by atoms with Crippen LogP contribution >= 0.6 is 0 Å². The van der Waals surface area contributed by atoms with E-state index in [1.165, 1.54) is 32.1 Å². The predicted molar refractivity (Wildman–Crippen MR) is 49.4 cm³/mol. The van der Waals surface area contributed by atoms with E-state index in [9.17, 15) is 0 Å². The Bertz CT molecular complexity index is 99.4. The Morgan fingerprint density at radius 2 is 1.45 bits per heavy atom. The summed E-state index contributed by atoms with van der Waals surface area (Å²) < 4.78 is 0. The largest absolute Gasteiger partial charge is 0.328 e. The second-order valence-corrected chi connectivity index (χ2v) is 4.02. The lowest BCUT2D eigenvalue weighted by Gasteiger charge is -2.32. The molecule has 66 valence electrons. The van der Waals surface area contributed by atoms with Gasteiger partial charge in [0.15, 0.2) is 0 Å². The minimum absolute atomic E-state index is 0.499. The second-order valence-electron chi connectivity index (χ2n) is 4.02. The Hall–Kier alpha value is -0.0400. The topological polar surface area (TPSA) is 26.0 Å². The van der Waals surface area contributed by atoms with Crippen LogP contribution in [0.5, 0.6) is 0 Å². The van der Waals surface area contributed by atoms with Gasteiger partial charge < -0.3 is 5.73 Å². The van der Waals surface area contributed by atoms with Crippen LogP contribution in [0, 0.1) is 11.8 Å². The van der Waals surface area contributed by atoms with Crippen molar-refractivity contribution in [2.24, 2.45) is 17.6 Å². The van der Waals surface area contributed by atoms with Crippen molar-refractivity contribution in [2.75, 3.05) is 0 Å². The molecule has 11 heavy (non-hydrogen) atoms. The second kappa shape index (κ2) is 4.10. The molecule has 1 saturated carbocycles. The molecule has 0 heterocycles. The number of nitrogens with two attached hydrogens (primary N) is 1. The van der Waals surface area contributed by atoms with Crippen molar-refractivity contribution in [1.29, 1.82) is 0 Å². The summed E-state index contributed by atoms with van der Waals surface area (Å²) >= 11 is 0. The summed E-state index contributed by atoms with van der Waals surface area (Å²) in [5.41, 5.74) is 5.97. The zero-order valence-corrected chi connectivity index (χ0v) is 7.84. The quantitative estimate of drug-likeness (QED) is 0.651. The van der Waals surface area contributed by atoms with E-state index in [4.69, 9.17) is 5.73 Å². The minimum atomic E-state index is 0.499. The average Bonchev–Trinajstić information content (AvgIpc) is 2.03.